The first-order valence-electron chi connectivity index (χ1n) is 5.95. The molecule has 19 heavy (non-hydrogen) atoms. The third-order valence-corrected chi connectivity index (χ3v) is 2.83. The highest BCUT2D eigenvalue weighted by atomic mass is 35.5. The van der Waals surface area contributed by atoms with Crippen molar-refractivity contribution in [3.63, 3.8) is 0 Å². The lowest BCUT2D eigenvalue weighted by Crippen LogP contribution is -2.09. The van der Waals surface area contributed by atoms with Gasteiger partial charge in [0.1, 0.15) is 5.52 Å². The predicted molar refractivity (Wildman–Crippen MR) is 78.2 cm³/mol. The topological polar surface area (TPSA) is 45.5 Å². The number of hydrogen-bond donors (Lipinski definition) is 1. The molecule has 0 radical (unpaired) electrons. The Kier molecular flexibility index (Phi) is 4.06. The Labute approximate surface area is 117 Å². The summed E-state index contributed by atoms with van der Waals surface area (Å²) in [5, 5.41) is 7.38. The molecule has 2 aromatic rings. The lowest BCUT2D eigenvalue weighted by molar-refractivity contribution is 0.484. The number of nitrogens with one attached hydrogen (secondary N) is 1. The molecule has 0 aliphatic rings. The number of rotatable bonds is 5. The second-order valence-corrected chi connectivity index (χ2v) is 4.44. The van der Waals surface area contributed by atoms with Crippen molar-refractivity contribution in [2.45, 2.75) is 6.92 Å². The highest BCUT2D eigenvalue weighted by molar-refractivity contribution is 6.28. The molecule has 0 spiro atoms. The predicted octanol–water partition coefficient (Wildman–Crippen LogP) is 2.77. The molecule has 100 valence electrons. The number of halogens is 1. The van der Waals surface area contributed by atoms with E-state index in [1.165, 1.54) is 0 Å². The fraction of sp³-hybridized carbons (Fsp3) is 0.231. The van der Waals surface area contributed by atoms with E-state index in [0.29, 0.717) is 5.82 Å². The average Bonchev–Trinajstić information content (AvgIpc) is 2.84. The van der Waals surface area contributed by atoms with Crippen LogP contribution >= 0.6 is 11.6 Å². The van der Waals surface area contributed by atoms with Crippen molar-refractivity contribution in [1.82, 2.24) is 19.5 Å². The number of aromatic nitrogens is 3. The lowest BCUT2D eigenvalue weighted by Gasteiger charge is -2.11. The lowest BCUT2D eigenvalue weighted by atomic mass is 10.4. The van der Waals surface area contributed by atoms with Gasteiger partial charge in [-0.05, 0) is 36.7 Å². The van der Waals surface area contributed by atoms with Gasteiger partial charge in [0, 0.05) is 31.7 Å². The molecular formula is C13H16ClN5. The minimum absolute atomic E-state index is 0.189. The quantitative estimate of drug-likeness (QED) is 0.854. The van der Waals surface area contributed by atoms with Gasteiger partial charge < -0.3 is 10.2 Å². The fourth-order valence-corrected chi connectivity index (χ4v) is 1.68. The molecule has 0 saturated heterocycles. The van der Waals surface area contributed by atoms with E-state index in [9.17, 15) is 0 Å². The third kappa shape index (κ3) is 3.26. The standard InChI is InChI=1S/C13H16ClN5/c1-4-18(3)9-7-10(2)15-12-11-6-5-8-19(11)17-13(14)16-12/h5-9H,2,4H2,1,3H3,(H,15,16,17)/b9-7-. The van der Waals surface area contributed by atoms with E-state index in [0.717, 1.165) is 17.8 Å². The zero-order valence-corrected chi connectivity index (χ0v) is 11.7. The van der Waals surface area contributed by atoms with E-state index in [1.807, 2.05) is 42.6 Å². The van der Waals surface area contributed by atoms with Crippen LogP contribution in [0.1, 0.15) is 6.92 Å². The molecule has 0 aromatic carbocycles. The van der Waals surface area contributed by atoms with E-state index in [1.54, 1.807) is 4.52 Å². The Bertz CT molecular complexity index is 617. The summed E-state index contributed by atoms with van der Waals surface area (Å²) in [5.41, 5.74) is 1.58. The first kappa shape index (κ1) is 13.4. The fourth-order valence-electron chi connectivity index (χ4n) is 1.52. The third-order valence-electron chi connectivity index (χ3n) is 2.67. The second kappa shape index (κ2) is 5.75. The summed E-state index contributed by atoms with van der Waals surface area (Å²) in [6.07, 6.45) is 5.66. The van der Waals surface area contributed by atoms with Crippen molar-refractivity contribution in [3.8, 4) is 0 Å². The van der Waals surface area contributed by atoms with E-state index in [4.69, 9.17) is 11.6 Å². The Morgan fingerprint density at radius 3 is 3.16 bits per heavy atom. The number of anilines is 1. The van der Waals surface area contributed by atoms with Crippen LogP contribution in [0.25, 0.3) is 5.52 Å². The van der Waals surface area contributed by atoms with Crippen LogP contribution in [0.3, 0.4) is 0 Å². The molecule has 0 saturated carbocycles. The molecule has 0 amide bonds. The van der Waals surface area contributed by atoms with Crippen molar-refractivity contribution in [1.29, 1.82) is 0 Å². The summed E-state index contributed by atoms with van der Waals surface area (Å²) < 4.78 is 1.67. The summed E-state index contributed by atoms with van der Waals surface area (Å²) in [6, 6.07) is 3.79. The van der Waals surface area contributed by atoms with Crippen LogP contribution in [-0.2, 0) is 0 Å². The molecule has 0 atom stereocenters. The first-order valence-corrected chi connectivity index (χ1v) is 6.33. The average molecular weight is 278 g/mol. The van der Waals surface area contributed by atoms with E-state index in [-0.39, 0.29) is 5.28 Å². The molecule has 6 heteroatoms. The maximum Gasteiger partial charge on any atom is 0.243 e. The maximum atomic E-state index is 5.88. The Balaban J connectivity index is 2.19. The molecule has 1 N–H and O–H groups in total. The van der Waals surface area contributed by atoms with Crippen molar-refractivity contribution in [2.24, 2.45) is 0 Å². The van der Waals surface area contributed by atoms with Gasteiger partial charge in [0.05, 0.1) is 0 Å². The van der Waals surface area contributed by atoms with E-state index < -0.39 is 0 Å². The molecule has 0 aliphatic carbocycles. The van der Waals surface area contributed by atoms with Crippen LogP contribution < -0.4 is 5.32 Å². The zero-order chi connectivity index (χ0) is 13.8. The summed E-state index contributed by atoms with van der Waals surface area (Å²) in [5.74, 6) is 0.638. The number of fused-ring (bicyclic) bond motifs is 1. The van der Waals surface area contributed by atoms with Crippen molar-refractivity contribution in [2.75, 3.05) is 18.9 Å². The first-order chi connectivity index (χ1) is 9.10. The second-order valence-electron chi connectivity index (χ2n) is 4.11. The molecule has 2 heterocycles. The Morgan fingerprint density at radius 1 is 1.63 bits per heavy atom. The van der Waals surface area contributed by atoms with Crippen molar-refractivity contribution in [3.05, 3.63) is 48.2 Å². The van der Waals surface area contributed by atoms with Crippen molar-refractivity contribution >= 4 is 22.9 Å². The molecular weight excluding hydrogens is 262 g/mol. The SMILES string of the molecule is C=C(/C=C\N(C)CC)Nc1nc(Cl)nn2cccc12. The monoisotopic (exact) mass is 277 g/mol. The normalized spacial score (nSPS) is 11.1. The molecule has 0 aliphatic heterocycles. The summed E-state index contributed by atoms with van der Waals surface area (Å²) >= 11 is 5.88. The van der Waals surface area contributed by atoms with Crippen LogP contribution in [0.5, 0.6) is 0 Å². The summed E-state index contributed by atoms with van der Waals surface area (Å²) in [7, 11) is 2.00. The Morgan fingerprint density at radius 2 is 2.42 bits per heavy atom. The highest BCUT2D eigenvalue weighted by Crippen LogP contribution is 2.17. The van der Waals surface area contributed by atoms with Gasteiger partial charge in [-0.1, -0.05) is 6.58 Å². The van der Waals surface area contributed by atoms with Gasteiger partial charge in [-0.25, -0.2) is 4.52 Å². The van der Waals surface area contributed by atoms with Crippen LogP contribution in [0.2, 0.25) is 5.28 Å². The van der Waals surface area contributed by atoms with E-state index in [2.05, 4.69) is 28.9 Å². The maximum absolute atomic E-state index is 5.88. The summed E-state index contributed by atoms with van der Waals surface area (Å²) in [6.45, 7) is 6.95. The molecule has 5 nitrogen and oxygen atoms in total. The zero-order valence-electron chi connectivity index (χ0n) is 11.0. The van der Waals surface area contributed by atoms with Gasteiger partial charge in [0.25, 0.3) is 0 Å². The van der Waals surface area contributed by atoms with E-state index >= 15 is 0 Å². The number of allylic oxidation sites excluding steroid dienone is 1. The van der Waals surface area contributed by atoms with Gasteiger partial charge in [0.2, 0.25) is 5.28 Å². The van der Waals surface area contributed by atoms with Crippen molar-refractivity contribution < 1.29 is 0 Å². The van der Waals surface area contributed by atoms with Crippen LogP contribution in [0, 0.1) is 0 Å². The molecule has 0 unspecified atom stereocenters. The smallest absolute Gasteiger partial charge is 0.243 e. The molecule has 0 bridgehead atoms. The van der Waals surface area contributed by atoms with Gasteiger partial charge in [0.15, 0.2) is 5.82 Å². The van der Waals surface area contributed by atoms with Gasteiger partial charge >= 0.3 is 0 Å². The van der Waals surface area contributed by atoms with Gasteiger partial charge in [-0.15, -0.1) is 5.10 Å². The molecule has 2 rings (SSSR count). The van der Waals surface area contributed by atoms with Gasteiger partial charge in [-0.2, -0.15) is 4.98 Å². The van der Waals surface area contributed by atoms with Crippen LogP contribution in [-0.4, -0.2) is 33.1 Å². The Hall–Kier alpha value is -2.01. The minimum atomic E-state index is 0.189. The molecule has 0 fully saturated rings. The highest BCUT2D eigenvalue weighted by Gasteiger charge is 2.06. The number of hydrogen-bond acceptors (Lipinski definition) is 4. The van der Waals surface area contributed by atoms with Crippen LogP contribution in [0.4, 0.5) is 5.82 Å². The minimum Gasteiger partial charge on any atom is -0.381 e. The molecule has 2 aromatic heterocycles. The summed E-state index contributed by atoms with van der Waals surface area (Å²) in [4.78, 5) is 6.22. The van der Waals surface area contributed by atoms with Gasteiger partial charge in [-0.3, -0.25) is 0 Å². The van der Waals surface area contributed by atoms with Crippen LogP contribution in [0.15, 0.2) is 42.9 Å². The number of nitrogens with zero attached hydrogens (tertiary/aromatic N) is 4. The largest absolute Gasteiger partial charge is 0.381 e.